The van der Waals surface area contributed by atoms with E-state index in [-0.39, 0.29) is 28.4 Å². The predicted molar refractivity (Wildman–Crippen MR) is 164 cm³/mol. The first-order valence-corrected chi connectivity index (χ1v) is 14.8. The summed E-state index contributed by atoms with van der Waals surface area (Å²) in [5.41, 5.74) is 1.57. The standard InChI is InChI=1S/C33H28N4O5S/c38-32(36-31-16-8-7-15-30(31)33(39)35-23-25-10-9-21-34-22-25)24-37(43(40,41)29-13-5-2-6-14-29)26-17-19-28(20-18-26)42-27-11-3-1-4-12-27/h1-22H,23-24H2,(H,35,39)(H,36,38). The molecule has 0 aliphatic carbocycles. The lowest BCUT2D eigenvalue weighted by Crippen LogP contribution is -2.38. The van der Waals surface area contributed by atoms with Crippen molar-refractivity contribution < 1.29 is 22.7 Å². The molecule has 2 N–H and O–H groups in total. The number of benzene rings is 4. The summed E-state index contributed by atoms with van der Waals surface area (Å²) in [6, 6.07) is 33.6. The molecule has 43 heavy (non-hydrogen) atoms. The van der Waals surface area contributed by atoms with Crippen LogP contribution >= 0.6 is 0 Å². The molecule has 0 atom stereocenters. The molecule has 0 aliphatic heterocycles. The van der Waals surface area contributed by atoms with Crippen LogP contribution < -0.4 is 19.7 Å². The molecule has 9 nitrogen and oxygen atoms in total. The van der Waals surface area contributed by atoms with Crippen molar-refractivity contribution in [3.63, 3.8) is 0 Å². The topological polar surface area (TPSA) is 118 Å². The van der Waals surface area contributed by atoms with E-state index in [9.17, 15) is 18.0 Å². The Hall–Kier alpha value is -5.48. The van der Waals surface area contributed by atoms with Crippen molar-refractivity contribution >= 4 is 33.2 Å². The lowest BCUT2D eigenvalue weighted by atomic mass is 10.1. The molecule has 0 unspecified atom stereocenters. The van der Waals surface area contributed by atoms with Gasteiger partial charge in [0.05, 0.1) is 21.8 Å². The maximum absolute atomic E-state index is 13.7. The molecule has 0 spiro atoms. The number of carbonyl (C=O) groups excluding carboxylic acids is 2. The number of nitrogens with zero attached hydrogens (tertiary/aromatic N) is 2. The Morgan fingerprint density at radius 3 is 2.09 bits per heavy atom. The van der Waals surface area contributed by atoms with Crippen LogP contribution in [-0.4, -0.2) is 31.8 Å². The first kappa shape index (κ1) is 29.0. The summed E-state index contributed by atoms with van der Waals surface area (Å²) in [5.74, 6) is 0.105. The number of nitrogens with one attached hydrogen (secondary N) is 2. The van der Waals surface area contributed by atoms with Crippen molar-refractivity contribution in [3.05, 3.63) is 145 Å². The number of para-hydroxylation sites is 2. The fraction of sp³-hybridized carbons (Fsp3) is 0.0606. The summed E-state index contributed by atoms with van der Waals surface area (Å²) < 4.78 is 34.3. The molecular weight excluding hydrogens is 564 g/mol. The largest absolute Gasteiger partial charge is 0.457 e. The predicted octanol–water partition coefficient (Wildman–Crippen LogP) is 5.64. The zero-order valence-electron chi connectivity index (χ0n) is 23.0. The fourth-order valence-corrected chi connectivity index (χ4v) is 5.67. The van der Waals surface area contributed by atoms with Crippen LogP contribution in [0.3, 0.4) is 0 Å². The van der Waals surface area contributed by atoms with E-state index in [0.717, 1.165) is 9.87 Å². The van der Waals surface area contributed by atoms with Gasteiger partial charge in [-0.2, -0.15) is 0 Å². The summed E-state index contributed by atoms with van der Waals surface area (Å²) in [5, 5.41) is 5.53. The number of sulfonamides is 1. The highest BCUT2D eigenvalue weighted by molar-refractivity contribution is 7.92. The van der Waals surface area contributed by atoms with Gasteiger partial charge in [-0.05, 0) is 72.3 Å². The molecule has 0 bridgehead atoms. The van der Waals surface area contributed by atoms with Crippen LogP contribution in [0.1, 0.15) is 15.9 Å². The minimum absolute atomic E-state index is 0.0302. The van der Waals surface area contributed by atoms with Crippen LogP contribution in [0.15, 0.2) is 139 Å². The zero-order valence-corrected chi connectivity index (χ0v) is 23.8. The van der Waals surface area contributed by atoms with Crippen LogP contribution in [0, 0.1) is 0 Å². The Morgan fingerprint density at radius 1 is 0.744 bits per heavy atom. The summed E-state index contributed by atoms with van der Waals surface area (Å²) in [4.78, 5) is 30.4. The van der Waals surface area contributed by atoms with Gasteiger partial charge in [0.1, 0.15) is 18.0 Å². The van der Waals surface area contributed by atoms with Gasteiger partial charge in [-0.15, -0.1) is 0 Å². The number of aromatic nitrogens is 1. The fourth-order valence-electron chi connectivity index (χ4n) is 4.23. The average molecular weight is 593 g/mol. The number of pyridine rings is 1. The van der Waals surface area contributed by atoms with Crippen LogP contribution in [0.4, 0.5) is 11.4 Å². The van der Waals surface area contributed by atoms with Gasteiger partial charge >= 0.3 is 0 Å². The molecule has 5 aromatic rings. The number of rotatable bonds is 11. The molecule has 0 saturated carbocycles. The van der Waals surface area contributed by atoms with Crippen molar-refractivity contribution in [3.8, 4) is 11.5 Å². The molecular formula is C33H28N4O5S. The number of hydrogen-bond donors (Lipinski definition) is 2. The summed E-state index contributed by atoms with van der Waals surface area (Å²) in [7, 11) is -4.13. The summed E-state index contributed by atoms with van der Waals surface area (Å²) in [6.07, 6.45) is 3.29. The molecule has 2 amide bonds. The molecule has 216 valence electrons. The SMILES string of the molecule is O=C(CN(c1ccc(Oc2ccccc2)cc1)S(=O)(=O)c1ccccc1)Nc1ccccc1C(=O)NCc1cccnc1. The Morgan fingerprint density at radius 2 is 1.40 bits per heavy atom. The van der Waals surface area contributed by atoms with E-state index in [4.69, 9.17) is 4.74 Å². The van der Waals surface area contributed by atoms with Crippen molar-refractivity contribution in [2.45, 2.75) is 11.4 Å². The quantitative estimate of drug-likeness (QED) is 0.205. The molecule has 0 saturated heterocycles. The molecule has 0 aliphatic rings. The molecule has 1 aromatic heterocycles. The second kappa shape index (κ2) is 13.5. The maximum Gasteiger partial charge on any atom is 0.264 e. The zero-order chi connectivity index (χ0) is 30.1. The summed E-state index contributed by atoms with van der Waals surface area (Å²) >= 11 is 0. The molecule has 10 heteroatoms. The highest BCUT2D eigenvalue weighted by Crippen LogP contribution is 2.28. The minimum atomic E-state index is -4.13. The van der Waals surface area contributed by atoms with Crippen molar-refractivity contribution in [1.29, 1.82) is 0 Å². The smallest absolute Gasteiger partial charge is 0.264 e. The second-order valence-corrected chi connectivity index (χ2v) is 11.2. The lowest BCUT2D eigenvalue weighted by molar-refractivity contribution is -0.114. The third-order valence-corrected chi connectivity index (χ3v) is 8.13. The highest BCUT2D eigenvalue weighted by Gasteiger charge is 2.27. The van der Waals surface area contributed by atoms with E-state index in [2.05, 4.69) is 15.6 Å². The molecule has 0 radical (unpaired) electrons. The van der Waals surface area contributed by atoms with Gasteiger partial charge in [0, 0.05) is 18.9 Å². The van der Waals surface area contributed by atoms with E-state index < -0.39 is 28.4 Å². The van der Waals surface area contributed by atoms with E-state index in [0.29, 0.717) is 11.5 Å². The molecule has 4 aromatic carbocycles. The molecule has 1 heterocycles. The Balaban J connectivity index is 1.36. The second-order valence-electron chi connectivity index (χ2n) is 9.37. The minimum Gasteiger partial charge on any atom is -0.457 e. The van der Waals surface area contributed by atoms with E-state index in [1.54, 1.807) is 97.3 Å². The van der Waals surface area contributed by atoms with Crippen LogP contribution in [0.5, 0.6) is 11.5 Å². The Labute approximate surface area is 249 Å². The van der Waals surface area contributed by atoms with Gasteiger partial charge in [0.2, 0.25) is 5.91 Å². The van der Waals surface area contributed by atoms with E-state index in [1.165, 1.54) is 12.1 Å². The monoisotopic (exact) mass is 592 g/mol. The third-order valence-electron chi connectivity index (χ3n) is 6.34. The Bertz CT molecular complexity index is 1780. The number of amides is 2. The first-order chi connectivity index (χ1) is 20.9. The van der Waals surface area contributed by atoms with Gasteiger partial charge in [-0.3, -0.25) is 18.9 Å². The third kappa shape index (κ3) is 7.43. The van der Waals surface area contributed by atoms with Crippen LogP contribution in [-0.2, 0) is 21.4 Å². The first-order valence-electron chi connectivity index (χ1n) is 13.4. The van der Waals surface area contributed by atoms with E-state index in [1.807, 2.05) is 24.3 Å². The number of ether oxygens (including phenoxy) is 1. The van der Waals surface area contributed by atoms with Gasteiger partial charge in [-0.1, -0.05) is 54.6 Å². The molecule has 0 fully saturated rings. The van der Waals surface area contributed by atoms with E-state index >= 15 is 0 Å². The number of anilines is 2. The van der Waals surface area contributed by atoms with Crippen molar-refractivity contribution in [1.82, 2.24) is 10.3 Å². The van der Waals surface area contributed by atoms with Gasteiger partial charge in [0.15, 0.2) is 0 Å². The average Bonchev–Trinajstić information content (AvgIpc) is 3.04. The van der Waals surface area contributed by atoms with Crippen molar-refractivity contribution in [2.24, 2.45) is 0 Å². The van der Waals surface area contributed by atoms with Crippen molar-refractivity contribution in [2.75, 3.05) is 16.2 Å². The van der Waals surface area contributed by atoms with Gasteiger partial charge in [0.25, 0.3) is 15.9 Å². The molecule has 5 rings (SSSR count). The lowest BCUT2D eigenvalue weighted by Gasteiger charge is -2.24. The van der Waals surface area contributed by atoms with Crippen LogP contribution in [0.25, 0.3) is 0 Å². The maximum atomic E-state index is 13.7. The number of carbonyl (C=O) groups is 2. The summed E-state index contributed by atoms with van der Waals surface area (Å²) in [6.45, 7) is -0.288. The number of hydrogen-bond acceptors (Lipinski definition) is 6. The van der Waals surface area contributed by atoms with Gasteiger partial charge in [-0.25, -0.2) is 8.42 Å². The highest BCUT2D eigenvalue weighted by atomic mass is 32.2. The van der Waals surface area contributed by atoms with Crippen LogP contribution in [0.2, 0.25) is 0 Å². The normalized spacial score (nSPS) is 10.9. The Kier molecular flexibility index (Phi) is 9.08. The van der Waals surface area contributed by atoms with Gasteiger partial charge < -0.3 is 15.4 Å².